The number of ketones is 1. The molecule has 1 aliphatic carbocycles. The van der Waals surface area contributed by atoms with Crippen LogP contribution >= 0.6 is 10.8 Å². The molecule has 0 fully saturated rings. The van der Waals surface area contributed by atoms with Crippen molar-refractivity contribution in [2.24, 2.45) is 10.1 Å². The average Bonchev–Trinajstić information content (AvgIpc) is 2.77. The Bertz CT molecular complexity index is 1220. The molecular weight excluding hydrogens is 446 g/mol. The molecular formula is C23H25N3O6S. The second-order valence-corrected chi connectivity index (χ2v) is 9.84. The summed E-state index contributed by atoms with van der Waals surface area (Å²) in [6.07, 6.45) is 1.27. The SMILES string of the molecule is CCCC1(C)C(=O)C(C2=NS(O)(O)c3cc(OCC(N)=O)ccc3N2)=C(O)c2ccccc21. The van der Waals surface area contributed by atoms with E-state index in [2.05, 4.69) is 9.71 Å². The molecule has 6 N–H and O–H groups in total. The number of Topliss-reactive ketones (excluding diaryl/α,β-unsaturated/α-hetero) is 1. The van der Waals surface area contributed by atoms with E-state index in [1.165, 1.54) is 18.2 Å². The molecule has 174 valence electrons. The Hall–Kier alpha value is -3.34. The zero-order valence-corrected chi connectivity index (χ0v) is 19.0. The number of carbonyl (C=O) groups excluding carboxylic acids is 2. The number of aliphatic hydroxyl groups is 1. The summed E-state index contributed by atoms with van der Waals surface area (Å²) < 4.78 is 30.8. The van der Waals surface area contributed by atoms with Gasteiger partial charge in [0.1, 0.15) is 22.0 Å². The van der Waals surface area contributed by atoms with Gasteiger partial charge >= 0.3 is 0 Å². The minimum absolute atomic E-state index is 0.0355. The summed E-state index contributed by atoms with van der Waals surface area (Å²) >= 11 is 0. The Morgan fingerprint density at radius 2 is 1.97 bits per heavy atom. The van der Waals surface area contributed by atoms with Gasteiger partial charge in [-0.05, 0) is 31.0 Å². The van der Waals surface area contributed by atoms with Gasteiger partial charge in [0, 0.05) is 11.6 Å². The predicted octanol–water partition coefficient (Wildman–Crippen LogP) is 4.01. The van der Waals surface area contributed by atoms with Gasteiger partial charge in [-0.15, -0.1) is 4.40 Å². The maximum Gasteiger partial charge on any atom is 0.255 e. The van der Waals surface area contributed by atoms with E-state index in [1.54, 1.807) is 12.1 Å². The van der Waals surface area contributed by atoms with Crippen LogP contribution in [-0.4, -0.2) is 38.3 Å². The van der Waals surface area contributed by atoms with E-state index in [-0.39, 0.29) is 45.9 Å². The number of carbonyl (C=O) groups is 2. The van der Waals surface area contributed by atoms with Crippen LogP contribution in [0, 0.1) is 0 Å². The summed E-state index contributed by atoms with van der Waals surface area (Å²) in [6.45, 7) is 3.42. The first kappa shape index (κ1) is 22.8. The molecule has 1 amide bonds. The lowest BCUT2D eigenvalue weighted by Crippen LogP contribution is -2.42. The van der Waals surface area contributed by atoms with Gasteiger partial charge in [0.2, 0.25) is 0 Å². The topological polar surface area (TPSA) is 154 Å². The van der Waals surface area contributed by atoms with Crippen LogP contribution in [0.4, 0.5) is 5.69 Å². The van der Waals surface area contributed by atoms with E-state index in [1.807, 2.05) is 26.0 Å². The van der Waals surface area contributed by atoms with Crippen molar-refractivity contribution in [3.8, 4) is 5.75 Å². The number of nitrogens with zero attached hydrogens (tertiary/aromatic N) is 1. The number of benzene rings is 2. The molecule has 0 bridgehead atoms. The number of anilines is 1. The van der Waals surface area contributed by atoms with Gasteiger partial charge < -0.3 is 20.9 Å². The Morgan fingerprint density at radius 3 is 2.67 bits per heavy atom. The molecule has 1 atom stereocenters. The van der Waals surface area contributed by atoms with Gasteiger partial charge in [-0.1, -0.05) is 48.4 Å². The molecule has 2 aromatic carbocycles. The molecule has 0 saturated heterocycles. The van der Waals surface area contributed by atoms with Gasteiger partial charge in [0.05, 0.1) is 11.1 Å². The summed E-state index contributed by atoms with van der Waals surface area (Å²) in [7, 11) is -3.74. The van der Waals surface area contributed by atoms with Crippen LogP contribution in [0.2, 0.25) is 0 Å². The molecule has 4 rings (SSSR count). The van der Waals surface area contributed by atoms with E-state index in [4.69, 9.17) is 10.5 Å². The summed E-state index contributed by atoms with van der Waals surface area (Å²) in [5.74, 6) is -1.21. The highest BCUT2D eigenvalue weighted by Crippen LogP contribution is 2.57. The van der Waals surface area contributed by atoms with Crippen LogP contribution in [-0.2, 0) is 15.0 Å². The third-order valence-electron chi connectivity index (χ3n) is 5.83. The number of amidine groups is 1. The number of nitrogens with two attached hydrogens (primary N) is 1. The first-order valence-electron chi connectivity index (χ1n) is 10.4. The van der Waals surface area contributed by atoms with Crippen molar-refractivity contribution in [3.05, 3.63) is 59.2 Å². The number of rotatable bonds is 6. The molecule has 1 heterocycles. The summed E-state index contributed by atoms with van der Waals surface area (Å²) in [4.78, 5) is 24.7. The lowest BCUT2D eigenvalue weighted by Gasteiger charge is -2.38. The summed E-state index contributed by atoms with van der Waals surface area (Å²) in [5.41, 5.74) is 5.59. The molecule has 33 heavy (non-hydrogen) atoms. The Balaban J connectivity index is 1.80. The average molecular weight is 472 g/mol. The zero-order chi connectivity index (χ0) is 24.0. The van der Waals surface area contributed by atoms with Gasteiger partial charge in [0.15, 0.2) is 18.2 Å². The van der Waals surface area contributed by atoms with Crippen LogP contribution in [0.1, 0.15) is 37.8 Å². The van der Waals surface area contributed by atoms with Crippen LogP contribution < -0.4 is 15.8 Å². The first-order valence-corrected chi connectivity index (χ1v) is 11.9. The first-order chi connectivity index (χ1) is 15.6. The largest absolute Gasteiger partial charge is 0.506 e. The number of hydrogen-bond donors (Lipinski definition) is 5. The highest BCUT2D eigenvalue weighted by atomic mass is 32.3. The zero-order valence-electron chi connectivity index (χ0n) is 18.2. The Kier molecular flexibility index (Phi) is 5.69. The predicted molar refractivity (Wildman–Crippen MR) is 127 cm³/mol. The quantitative estimate of drug-likeness (QED) is 0.426. The van der Waals surface area contributed by atoms with Crippen molar-refractivity contribution in [1.29, 1.82) is 0 Å². The lowest BCUT2D eigenvalue weighted by molar-refractivity contribution is -0.120. The van der Waals surface area contributed by atoms with Gasteiger partial charge in [-0.25, -0.2) is 0 Å². The highest BCUT2D eigenvalue weighted by molar-refractivity contribution is 8.23. The number of amides is 1. The minimum Gasteiger partial charge on any atom is -0.506 e. The molecule has 0 radical (unpaired) electrons. The third kappa shape index (κ3) is 3.86. The minimum atomic E-state index is -3.74. The fourth-order valence-electron chi connectivity index (χ4n) is 4.29. The number of fused-ring (bicyclic) bond motifs is 2. The molecule has 1 aliphatic heterocycles. The third-order valence-corrected chi connectivity index (χ3v) is 7.19. The molecule has 0 saturated carbocycles. The number of ether oxygens (including phenoxy) is 1. The number of aliphatic hydroxyl groups excluding tert-OH is 1. The molecule has 0 spiro atoms. The molecule has 9 nitrogen and oxygen atoms in total. The number of nitrogens with one attached hydrogen (secondary N) is 1. The van der Waals surface area contributed by atoms with Crippen molar-refractivity contribution in [1.82, 2.24) is 0 Å². The van der Waals surface area contributed by atoms with Crippen LogP contribution in [0.5, 0.6) is 5.75 Å². The summed E-state index contributed by atoms with van der Waals surface area (Å²) in [6, 6.07) is 11.5. The summed E-state index contributed by atoms with van der Waals surface area (Å²) in [5, 5.41) is 14.0. The smallest absolute Gasteiger partial charge is 0.255 e. The lowest BCUT2D eigenvalue weighted by atomic mass is 9.67. The Morgan fingerprint density at radius 1 is 1.24 bits per heavy atom. The molecule has 2 aromatic rings. The molecule has 1 unspecified atom stereocenters. The van der Waals surface area contributed by atoms with Crippen molar-refractivity contribution in [3.63, 3.8) is 0 Å². The second kappa shape index (κ2) is 8.22. The van der Waals surface area contributed by atoms with E-state index >= 15 is 0 Å². The standard InChI is InChI=1S/C23H25N3O6S/c1-3-10-23(2)15-7-5-4-6-14(15)20(28)19(21(23)29)22-25-16-9-8-13(32-12-18(24)27)11-17(16)33(30,31)26-22/h4-9,11,28,30-31H,3,10,12H2,1-2H3,(H2,24,27)(H,25,26). The molecule has 0 aromatic heterocycles. The second-order valence-electron chi connectivity index (χ2n) is 8.18. The van der Waals surface area contributed by atoms with Crippen molar-refractivity contribution in [2.75, 3.05) is 11.9 Å². The van der Waals surface area contributed by atoms with E-state index in [0.717, 1.165) is 12.0 Å². The van der Waals surface area contributed by atoms with E-state index < -0.39 is 22.1 Å². The Labute approximate surface area is 192 Å². The van der Waals surface area contributed by atoms with Gasteiger partial charge in [0.25, 0.3) is 5.91 Å². The van der Waals surface area contributed by atoms with Crippen molar-refractivity contribution >= 4 is 39.7 Å². The van der Waals surface area contributed by atoms with Crippen molar-refractivity contribution in [2.45, 2.75) is 37.0 Å². The maximum absolute atomic E-state index is 13.7. The number of hydrogen-bond acceptors (Lipinski definition) is 8. The van der Waals surface area contributed by atoms with E-state index in [0.29, 0.717) is 12.0 Å². The van der Waals surface area contributed by atoms with Crippen LogP contribution in [0.25, 0.3) is 5.76 Å². The van der Waals surface area contributed by atoms with Gasteiger partial charge in [-0.2, -0.15) is 0 Å². The van der Waals surface area contributed by atoms with E-state index in [9.17, 15) is 23.8 Å². The van der Waals surface area contributed by atoms with Crippen molar-refractivity contribution < 1.29 is 28.5 Å². The number of primary amides is 1. The monoisotopic (exact) mass is 471 g/mol. The van der Waals surface area contributed by atoms with Crippen LogP contribution in [0.3, 0.4) is 0 Å². The molecule has 2 aliphatic rings. The molecule has 10 heteroatoms. The van der Waals surface area contributed by atoms with Gasteiger partial charge in [-0.3, -0.25) is 18.7 Å². The normalized spacial score (nSPS) is 21.9. The van der Waals surface area contributed by atoms with Crippen LogP contribution in [0.15, 0.2) is 57.3 Å². The fraction of sp³-hybridized carbons (Fsp3) is 0.261. The fourth-order valence-corrected chi connectivity index (χ4v) is 5.47. The highest BCUT2D eigenvalue weighted by Gasteiger charge is 2.46. The maximum atomic E-state index is 13.7.